The molecule has 1 aromatic heterocycles. The number of carbonyl (C=O) groups excluding carboxylic acids is 1. The van der Waals surface area contributed by atoms with Gasteiger partial charge in [-0.1, -0.05) is 24.3 Å². The molecule has 0 saturated heterocycles. The van der Waals surface area contributed by atoms with Crippen LogP contribution in [0.5, 0.6) is 0 Å². The zero-order valence-electron chi connectivity index (χ0n) is 10.4. The molecular weight excluding hydrogens is 258 g/mol. The van der Waals surface area contributed by atoms with E-state index in [-0.39, 0.29) is 5.69 Å². The van der Waals surface area contributed by atoms with E-state index in [0.29, 0.717) is 5.69 Å². The summed E-state index contributed by atoms with van der Waals surface area (Å²) in [7, 11) is 0. The summed E-state index contributed by atoms with van der Waals surface area (Å²) >= 11 is 0. The second-order valence-corrected chi connectivity index (χ2v) is 4.02. The third-order valence-electron chi connectivity index (χ3n) is 2.61. The van der Waals surface area contributed by atoms with Crippen LogP contribution in [-0.4, -0.2) is 15.8 Å². The molecule has 100 valence electrons. The molecule has 1 aromatic carbocycles. The lowest BCUT2D eigenvalue weighted by atomic mass is 10.1. The summed E-state index contributed by atoms with van der Waals surface area (Å²) in [6.07, 6.45) is 4.10. The Morgan fingerprint density at radius 3 is 2.40 bits per heavy atom. The van der Waals surface area contributed by atoms with Gasteiger partial charge in [0, 0.05) is 17.7 Å². The number of nitrogens with zero attached hydrogens (tertiary/aromatic N) is 2. The van der Waals surface area contributed by atoms with Gasteiger partial charge in [0.25, 0.3) is 5.69 Å². The minimum atomic E-state index is -0.508. The predicted molar refractivity (Wildman–Crippen MR) is 74.6 cm³/mol. The number of aromatic nitrogens is 1. The Hall–Kier alpha value is -3.02. The van der Waals surface area contributed by atoms with E-state index >= 15 is 0 Å². The van der Waals surface area contributed by atoms with Crippen LogP contribution in [0.25, 0.3) is 17.3 Å². The molecule has 20 heavy (non-hydrogen) atoms. The molecule has 0 saturated carbocycles. The number of rotatable bonds is 4. The van der Waals surface area contributed by atoms with E-state index in [0.717, 1.165) is 11.1 Å². The zero-order valence-corrected chi connectivity index (χ0v) is 10.4. The molecule has 0 bridgehead atoms. The van der Waals surface area contributed by atoms with Gasteiger partial charge >= 0.3 is 0 Å². The Labute approximate surface area is 114 Å². The summed E-state index contributed by atoms with van der Waals surface area (Å²) in [4.78, 5) is 24.7. The standard InChI is InChI=1S/C14H11N3O3/c15-14(18)8-3-10-1-4-11(5-2-10)13-7-6-12(9-16-13)17(19)20/h1-9H,(H2,15,18). The molecule has 0 aliphatic carbocycles. The highest BCUT2D eigenvalue weighted by Gasteiger charge is 2.06. The van der Waals surface area contributed by atoms with Crippen molar-refractivity contribution in [2.75, 3.05) is 0 Å². The van der Waals surface area contributed by atoms with Crippen molar-refractivity contribution < 1.29 is 9.72 Å². The predicted octanol–water partition coefficient (Wildman–Crippen LogP) is 2.16. The van der Waals surface area contributed by atoms with Crippen molar-refractivity contribution in [1.82, 2.24) is 4.98 Å². The van der Waals surface area contributed by atoms with Crippen LogP contribution in [0.4, 0.5) is 5.69 Å². The minimum absolute atomic E-state index is 0.0465. The van der Waals surface area contributed by atoms with Gasteiger partial charge in [-0.15, -0.1) is 0 Å². The smallest absolute Gasteiger partial charge is 0.287 e. The SMILES string of the molecule is NC(=O)C=Cc1ccc(-c2ccc([N+](=O)[O-])cn2)cc1. The van der Waals surface area contributed by atoms with Crippen LogP contribution in [0.2, 0.25) is 0 Å². The number of amides is 1. The van der Waals surface area contributed by atoms with Crippen molar-refractivity contribution in [3.63, 3.8) is 0 Å². The molecule has 0 aliphatic heterocycles. The number of hydrogen-bond donors (Lipinski definition) is 1. The lowest BCUT2D eigenvalue weighted by Gasteiger charge is -2.01. The van der Waals surface area contributed by atoms with Crippen LogP contribution < -0.4 is 5.73 Å². The third-order valence-corrected chi connectivity index (χ3v) is 2.61. The number of carbonyl (C=O) groups is 1. The molecule has 6 nitrogen and oxygen atoms in total. The summed E-state index contributed by atoms with van der Waals surface area (Å²) in [5.74, 6) is -0.508. The zero-order chi connectivity index (χ0) is 14.5. The van der Waals surface area contributed by atoms with Gasteiger partial charge in [-0.2, -0.15) is 0 Å². The van der Waals surface area contributed by atoms with Gasteiger partial charge in [-0.05, 0) is 17.7 Å². The van der Waals surface area contributed by atoms with E-state index in [1.54, 1.807) is 24.3 Å². The molecule has 0 aliphatic rings. The Morgan fingerprint density at radius 1 is 1.20 bits per heavy atom. The van der Waals surface area contributed by atoms with E-state index in [4.69, 9.17) is 5.73 Å². The summed E-state index contributed by atoms with van der Waals surface area (Å²) in [6, 6.07) is 10.2. The van der Waals surface area contributed by atoms with Crippen LogP contribution in [0.15, 0.2) is 48.7 Å². The third kappa shape index (κ3) is 3.26. The second-order valence-electron chi connectivity index (χ2n) is 4.02. The van der Waals surface area contributed by atoms with Crippen LogP contribution >= 0.6 is 0 Å². The molecule has 2 aromatic rings. The number of primary amides is 1. The van der Waals surface area contributed by atoms with Crippen LogP contribution in [0.3, 0.4) is 0 Å². The molecule has 2 N–H and O–H groups in total. The lowest BCUT2D eigenvalue weighted by molar-refractivity contribution is -0.385. The fourth-order valence-electron chi connectivity index (χ4n) is 1.61. The Kier molecular flexibility index (Phi) is 3.85. The first-order valence-corrected chi connectivity index (χ1v) is 5.74. The average molecular weight is 269 g/mol. The van der Waals surface area contributed by atoms with Gasteiger partial charge < -0.3 is 5.73 Å². The van der Waals surface area contributed by atoms with E-state index in [2.05, 4.69) is 4.98 Å². The number of nitrogens with two attached hydrogens (primary N) is 1. The minimum Gasteiger partial charge on any atom is -0.366 e. The van der Waals surface area contributed by atoms with E-state index in [1.165, 1.54) is 18.3 Å². The van der Waals surface area contributed by atoms with Gasteiger partial charge in [0.2, 0.25) is 5.91 Å². The average Bonchev–Trinajstić information content (AvgIpc) is 2.46. The Balaban J connectivity index is 2.21. The van der Waals surface area contributed by atoms with Crippen molar-refractivity contribution in [1.29, 1.82) is 0 Å². The molecule has 0 unspecified atom stereocenters. The molecule has 1 heterocycles. The van der Waals surface area contributed by atoms with Crippen molar-refractivity contribution in [3.05, 3.63) is 64.3 Å². The first-order valence-electron chi connectivity index (χ1n) is 5.74. The van der Waals surface area contributed by atoms with Gasteiger partial charge in [-0.3, -0.25) is 14.9 Å². The maximum absolute atomic E-state index is 10.6. The summed E-state index contributed by atoms with van der Waals surface area (Å²) < 4.78 is 0. The number of pyridine rings is 1. The normalized spacial score (nSPS) is 10.6. The van der Waals surface area contributed by atoms with Crippen molar-refractivity contribution in [2.24, 2.45) is 5.73 Å². The van der Waals surface area contributed by atoms with E-state index < -0.39 is 10.8 Å². The van der Waals surface area contributed by atoms with E-state index in [1.807, 2.05) is 12.1 Å². The molecule has 6 heteroatoms. The summed E-state index contributed by atoms with van der Waals surface area (Å²) in [5, 5.41) is 10.5. The first kappa shape index (κ1) is 13.4. The monoisotopic (exact) mass is 269 g/mol. The molecule has 0 spiro atoms. The Bertz CT molecular complexity index is 661. The molecule has 1 amide bonds. The van der Waals surface area contributed by atoms with Gasteiger partial charge in [0.1, 0.15) is 6.20 Å². The highest BCUT2D eigenvalue weighted by atomic mass is 16.6. The molecule has 0 radical (unpaired) electrons. The summed E-state index contributed by atoms with van der Waals surface area (Å²) in [6.45, 7) is 0. The molecule has 2 rings (SSSR count). The fraction of sp³-hybridized carbons (Fsp3) is 0. The van der Waals surface area contributed by atoms with Crippen molar-refractivity contribution in [2.45, 2.75) is 0 Å². The maximum atomic E-state index is 10.6. The van der Waals surface area contributed by atoms with Crippen LogP contribution in [0, 0.1) is 10.1 Å². The molecule has 0 atom stereocenters. The maximum Gasteiger partial charge on any atom is 0.287 e. The highest BCUT2D eigenvalue weighted by Crippen LogP contribution is 2.20. The van der Waals surface area contributed by atoms with Crippen molar-refractivity contribution >= 4 is 17.7 Å². The van der Waals surface area contributed by atoms with Crippen LogP contribution in [0.1, 0.15) is 5.56 Å². The number of nitro groups is 1. The fourth-order valence-corrected chi connectivity index (χ4v) is 1.61. The van der Waals surface area contributed by atoms with Crippen molar-refractivity contribution in [3.8, 4) is 11.3 Å². The first-order chi connectivity index (χ1) is 9.56. The highest BCUT2D eigenvalue weighted by molar-refractivity contribution is 5.90. The van der Waals surface area contributed by atoms with Gasteiger partial charge in [-0.25, -0.2) is 4.98 Å². The largest absolute Gasteiger partial charge is 0.366 e. The summed E-state index contributed by atoms with van der Waals surface area (Å²) in [5.41, 5.74) is 7.26. The molecular formula is C14H11N3O3. The quantitative estimate of drug-likeness (QED) is 0.522. The number of hydrogen-bond acceptors (Lipinski definition) is 4. The topological polar surface area (TPSA) is 99.1 Å². The van der Waals surface area contributed by atoms with Gasteiger partial charge in [0.15, 0.2) is 0 Å². The van der Waals surface area contributed by atoms with Crippen LogP contribution in [-0.2, 0) is 4.79 Å². The molecule has 0 fully saturated rings. The van der Waals surface area contributed by atoms with Gasteiger partial charge in [0.05, 0.1) is 10.6 Å². The van der Waals surface area contributed by atoms with E-state index in [9.17, 15) is 14.9 Å². The lowest BCUT2D eigenvalue weighted by Crippen LogP contribution is -2.04. The second kappa shape index (κ2) is 5.75. The Morgan fingerprint density at radius 2 is 1.90 bits per heavy atom. The number of benzene rings is 1.